The molecule has 0 saturated heterocycles. The molecule has 0 atom stereocenters. The van der Waals surface area contributed by atoms with Crippen LogP contribution in [0.4, 0.5) is 0 Å². The van der Waals surface area contributed by atoms with E-state index in [1.165, 1.54) is 5.56 Å². The van der Waals surface area contributed by atoms with Gasteiger partial charge in [-0.3, -0.25) is 0 Å². The molecule has 0 heterocycles. The van der Waals surface area contributed by atoms with Crippen molar-refractivity contribution in [3.63, 3.8) is 0 Å². The molecule has 0 spiro atoms. The Hall–Kier alpha value is -0.386. The summed E-state index contributed by atoms with van der Waals surface area (Å²) in [6.07, 6.45) is 0. The van der Waals surface area contributed by atoms with Crippen LogP contribution in [-0.4, -0.2) is 18.8 Å². The van der Waals surface area contributed by atoms with Crippen molar-refractivity contribution in [3.8, 4) is 0 Å². The third kappa shape index (κ3) is 2.93. The monoisotopic (exact) mass is 196 g/mol. The average molecular weight is 196 g/mol. The van der Waals surface area contributed by atoms with Gasteiger partial charge in [-0.25, -0.2) is 0 Å². The van der Waals surface area contributed by atoms with Gasteiger partial charge >= 0.3 is 0 Å². The molecule has 0 N–H and O–H groups in total. The smallest absolute Gasteiger partial charge is 0.177 e. The molecule has 0 aromatic heterocycles. The van der Waals surface area contributed by atoms with Crippen LogP contribution in [0.2, 0.25) is 13.1 Å². The van der Waals surface area contributed by atoms with E-state index in [1.54, 1.807) is 0 Å². The Balaban J connectivity index is 2.64. The van der Waals surface area contributed by atoms with E-state index >= 15 is 0 Å². The number of rotatable bonds is 3. The molecule has 0 radical (unpaired) electrons. The van der Waals surface area contributed by atoms with Crippen molar-refractivity contribution in [3.05, 3.63) is 35.9 Å². The second-order valence-electron chi connectivity index (χ2n) is 3.63. The van der Waals surface area contributed by atoms with Crippen LogP contribution < -0.4 is 0 Å². The minimum absolute atomic E-state index is 0.870. The highest BCUT2D eigenvalue weighted by molar-refractivity contribution is 6.73. The summed E-state index contributed by atoms with van der Waals surface area (Å²) in [6.45, 7) is 4.54. The Kier molecular flexibility index (Phi) is 3.25. The van der Waals surface area contributed by atoms with Crippen LogP contribution in [0, 0.1) is 0 Å². The molecule has 0 fully saturated rings. The molecule has 0 bridgehead atoms. The number of hydrogen-bond acceptors (Lipinski definition) is 1. The summed E-state index contributed by atoms with van der Waals surface area (Å²) in [5.41, 5.74) is 1.41. The Bertz CT molecular complexity index is 234. The fraction of sp³-hybridized carbons (Fsp3) is 0.333. The summed E-state index contributed by atoms with van der Waals surface area (Å²) in [5.74, 6) is 0. The maximum absolute atomic E-state index is 5.62. The van der Waals surface area contributed by atoms with Crippen LogP contribution in [-0.2, 0) is 10.2 Å². The van der Waals surface area contributed by atoms with E-state index in [0.29, 0.717) is 0 Å². The zero-order chi connectivity index (χ0) is 9.03. The predicted octanol–water partition coefficient (Wildman–Crippen LogP) is 1.27. The minimum Gasteiger partial charge on any atom is -0.463 e. The van der Waals surface area contributed by atoms with E-state index in [-0.39, 0.29) is 0 Å². The van der Waals surface area contributed by atoms with Gasteiger partial charge < -0.3 is 4.12 Å². The molecule has 0 aliphatic carbocycles. The van der Waals surface area contributed by atoms with Gasteiger partial charge in [-0.1, -0.05) is 30.3 Å². The van der Waals surface area contributed by atoms with E-state index in [1.807, 2.05) is 0 Å². The van der Waals surface area contributed by atoms with Gasteiger partial charge in [0, 0.05) is 0 Å². The lowest BCUT2D eigenvalue weighted by Gasteiger charge is -2.20. The molecule has 1 aromatic carbocycles. The van der Waals surface area contributed by atoms with Crippen LogP contribution in [0.15, 0.2) is 30.3 Å². The second-order valence-corrected chi connectivity index (χ2v) is 9.13. The molecule has 0 saturated carbocycles. The molecule has 0 amide bonds. The van der Waals surface area contributed by atoms with Crippen LogP contribution in [0.25, 0.3) is 0 Å². The van der Waals surface area contributed by atoms with E-state index in [2.05, 4.69) is 43.4 Å². The summed E-state index contributed by atoms with van der Waals surface area (Å²) < 4.78 is 5.62. The lowest BCUT2D eigenvalue weighted by Crippen LogP contribution is -2.32. The van der Waals surface area contributed by atoms with Crippen molar-refractivity contribution >= 4 is 18.8 Å². The molecule has 1 aromatic rings. The summed E-state index contributed by atoms with van der Waals surface area (Å²) in [4.78, 5) is 0. The van der Waals surface area contributed by atoms with Crippen molar-refractivity contribution in [2.45, 2.75) is 19.1 Å². The molecule has 1 nitrogen and oxygen atoms in total. The molecule has 3 heteroatoms. The highest BCUT2D eigenvalue weighted by Crippen LogP contribution is 2.11. The van der Waals surface area contributed by atoms with Crippen LogP contribution in [0.3, 0.4) is 0 Å². The lowest BCUT2D eigenvalue weighted by molar-refractivity contribution is 0.606. The summed E-state index contributed by atoms with van der Waals surface area (Å²) in [6, 6.07) is 11.7. The molecule has 66 valence electrons. The van der Waals surface area contributed by atoms with Crippen molar-refractivity contribution in [2.75, 3.05) is 0 Å². The largest absolute Gasteiger partial charge is 0.463 e. The van der Waals surface area contributed by atoms with Gasteiger partial charge in [-0.2, -0.15) is 0 Å². The van der Waals surface area contributed by atoms with Gasteiger partial charge in [-0.15, -0.1) is 0 Å². The maximum atomic E-state index is 5.62. The van der Waals surface area contributed by atoms with Gasteiger partial charge in [-0.05, 0) is 24.7 Å². The molecule has 0 unspecified atom stereocenters. The highest BCUT2D eigenvalue weighted by Gasteiger charge is 2.19. The maximum Gasteiger partial charge on any atom is 0.177 e. The lowest BCUT2D eigenvalue weighted by atomic mass is 10.2. The number of hydrogen-bond donors (Lipinski definition) is 0. The highest BCUT2D eigenvalue weighted by atomic mass is 28.4. The first kappa shape index (κ1) is 9.70. The minimum atomic E-state index is -1.36. The van der Waals surface area contributed by atoms with Gasteiger partial charge in [0.15, 0.2) is 8.32 Å². The average Bonchev–Trinajstić information content (AvgIpc) is 2.06. The van der Waals surface area contributed by atoms with Crippen LogP contribution in [0.5, 0.6) is 0 Å². The zero-order valence-corrected chi connectivity index (χ0v) is 11.0. The molecule has 1 rings (SSSR count). The topological polar surface area (TPSA) is 9.23 Å². The van der Waals surface area contributed by atoms with Gasteiger partial charge in [0.25, 0.3) is 0 Å². The van der Waals surface area contributed by atoms with Gasteiger partial charge in [0.1, 0.15) is 10.5 Å². The van der Waals surface area contributed by atoms with Gasteiger partial charge in [0.05, 0.1) is 0 Å². The molecule has 0 aliphatic rings. The zero-order valence-electron chi connectivity index (χ0n) is 8.00. The quantitative estimate of drug-likeness (QED) is 0.662. The van der Waals surface area contributed by atoms with E-state index in [9.17, 15) is 0 Å². The molecular weight excluding hydrogens is 180 g/mol. The third-order valence-electron chi connectivity index (χ3n) is 2.03. The summed E-state index contributed by atoms with van der Waals surface area (Å²) >= 11 is 0. The Morgan fingerprint density at radius 1 is 1.25 bits per heavy atom. The van der Waals surface area contributed by atoms with E-state index in [4.69, 9.17) is 4.12 Å². The van der Waals surface area contributed by atoms with E-state index < -0.39 is 8.32 Å². The fourth-order valence-electron chi connectivity index (χ4n) is 1.16. The van der Waals surface area contributed by atoms with Crippen LogP contribution >= 0.6 is 0 Å². The van der Waals surface area contributed by atoms with Crippen molar-refractivity contribution in [1.82, 2.24) is 0 Å². The normalized spacial score (nSPS) is 11.8. The third-order valence-corrected chi connectivity index (χ3v) is 7.71. The Morgan fingerprint density at radius 2 is 1.83 bits per heavy atom. The second kappa shape index (κ2) is 4.02. The standard InChI is InChI=1S/C9H16OSi2/c1-12(2,10-11)8-9-6-4-3-5-7-9/h3-7H,8H2,1-2,11H3. The molecule has 0 aliphatic heterocycles. The molecular formula is C9H16OSi2. The summed E-state index contributed by atoms with van der Waals surface area (Å²) in [7, 11) is -0.487. The first-order chi connectivity index (χ1) is 5.64. The Morgan fingerprint density at radius 3 is 2.33 bits per heavy atom. The molecule has 12 heavy (non-hydrogen) atoms. The Labute approximate surface area is 78.4 Å². The fourth-order valence-corrected chi connectivity index (χ4v) is 2.96. The van der Waals surface area contributed by atoms with Crippen LogP contribution in [0.1, 0.15) is 5.56 Å². The van der Waals surface area contributed by atoms with E-state index in [0.717, 1.165) is 16.5 Å². The number of benzene rings is 1. The summed E-state index contributed by atoms with van der Waals surface area (Å²) in [5, 5.41) is 0. The van der Waals surface area contributed by atoms with Gasteiger partial charge in [0.2, 0.25) is 0 Å². The first-order valence-electron chi connectivity index (χ1n) is 4.23. The first-order valence-corrected chi connectivity index (χ1v) is 8.16. The SMILES string of the molecule is C[Si](C)(Cc1ccccc1)O[SiH3]. The van der Waals surface area contributed by atoms with Crippen molar-refractivity contribution < 1.29 is 4.12 Å². The van der Waals surface area contributed by atoms with Crippen molar-refractivity contribution in [1.29, 1.82) is 0 Å². The predicted molar refractivity (Wildman–Crippen MR) is 58.7 cm³/mol. The van der Waals surface area contributed by atoms with Crippen molar-refractivity contribution in [2.24, 2.45) is 0 Å².